The summed E-state index contributed by atoms with van der Waals surface area (Å²) in [5, 5.41) is 6.82. The molecule has 0 aliphatic carbocycles. The van der Waals surface area contributed by atoms with E-state index in [1.54, 1.807) is 30.7 Å². The number of amides is 1. The van der Waals surface area contributed by atoms with Gasteiger partial charge in [0.15, 0.2) is 6.61 Å². The number of ether oxygens (including phenoxy) is 2. The number of aryl methyl sites for hydroxylation is 1. The molecule has 9 nitrogen and oxygen atoms in total. The molecule has 3 rings (SSSR count). The van der Waals surface area contributed by atoms with Crippen LogP contribution in [0.4, 0.5) is 0 Å². The van der Waals surface area contributed by atoms with Crippen LogP contribution in [0.2, 0.25) is 0 Å². The Morgan fingerprint density at radius 3 is 2.21 bits per heavy atom. The number of carbonyl (C=O) groups excluding carboxylic acids is 4. The minimum Gasteiger partial charge on any atom is -0.467 e. The fraction of sp³-hybridized carbons (Fsp3) is 0.240. The third-order valence-corrected chi connectivity index (χ3v) is 5.14. The van der Waals surface area contributed by atoms with Gasteiger partial charge in [0, 0.05) is 6.42 Å². The maximum absolute atomic E-state index is 12.7. The summed E-state index contributed by atoms with van der Waals surface area (Å²) in [6.07, 6.45) is 0.198. The number of para-hydroxylation sites is 1. The van der Waals surface area contributed by atoms with E-state index in [0.29, 0.717) is 11.4 Å². The van der Waals surface area contributed by atoms with Crippen molar-refractivity contribution in [2.75, 3.05) is 13.7 Å². The third-order valence-electron chi connectivity index (χ3n) is 5.14. The second-order valence-electron chi connectivity index (χ2n) is 7.53. The Bertz CT molecular complexity index is 1190. The van der Waals surface area contributed by atoms with Gasteiger partial charge in [0.05, 0.1) is 29.7 Å². The van der Waals surface area contributed by atoms with Gasteiger partial charge in [-0.05, 0) is 31.5 Å². The maximum Gasteiger partial charge on any atom is 0.380 e. The van der Waals surface area contributed by atoms with Crippen LogP contribution in [-0.4, -0.2) is 53.2 Å². The van der Waals surface area contributed by atoms with Crippen LogP contribution in [0.15, 0.2) is 60.7 Å². The quantitative estimate of drug-likeness (QED) is 0.293. The van der Waals surface area contributed by atoms with Crippen LogP contribution in [-0.2, 0) is 30.3 Å². The molecule has 34 heavy (non-hydrogen) atoms. The molecule has 0 aliphatic rings. The lowest BCUT2D eigenvalue weighted by Gasteiger charge is -2.16. The molecule has 1 aromatic heterocycles. The number of Topliss-reactive ketones (excluding diaryl/α,β-unsaturated/α-hetero) is 1. The highest BCUT2D eigenvalue weighted by atomic mass is 16.5. The summed E-state index contributed by atoms with van der Waals surface area (Å²) in [4.78, 5) is 49.5. The monoisotopic (exact) mass is 463 g/mol. The van der Waals surface area contributed by atoms with Crippen molar-refractivity contribution in [2.24, 2.45) is 0 Å². The Morgan fingerprint density at radius 1 is 0.971 bits per heavy atom. The zero-order valence-electron chi connectivity index (χ0n) is 19.1. The molecule has 3 aromatic rings. The van der Waals surface area contributed by atoms with Crippen LogP contribution in [0, 0.1) is 13.8 Å². The first-order valence-corrected chi connectivity index (χ1v) is 10.6. The van der Waals surface area contributed by atoms with E-state index >= 15 is 0 Å². The molecule has 1 unspecified atom stereocenters. The zero-order valence-corrected chi connectivity index (χ0v) is 19.1. The minimum absolute atomic E-state index is 0.116. The van der Waals surface area contributed by atoms with Crippen molar-refractivity contribution in [1.82, 2.24) is 15.1 Å². The molecule has 0 spiro atoms. The molecule has 0 radical (unpaired) electrons. The number of aromatic nitrogens is 2. The molecule has 1 amide bonds. The predicted octanol–water partition coefficient (Wildman–Crippen LogP) is 2.12. The predicted molar refractivity (Wildman–Crippen MR) is 122 cm³/mol. The van der Waals surface area contributed by atoms with E-state index in [2.05, 4.69) is 10.4 Å². The van der Waals surface area contributed by atoms with Crippen molar-refractivity contribution in [2.45, 2.75) is 26.3 Å². The average Bonchev–Trinajstić information content (AvgIpc) is 3.15. The summed E-state index contributed by atoms with van der Waals surface area (Å²) in [6.45, 7) is 2.56. The highest BCUT2D eigenvalue weighted by Gasteiger charge is 2.28. The lowest BCUT2D eigenvalue weighted by atomic mass is 10.1. The fourth-order valence-electron chi connectivity index (χ4n) is 3.51. The SMILES string of the molecule is COC(=O)C(Cc1ccccc1)NC(=O)COC(=O)C(=O)c1c(C)nn(-c2ccccc2)c1C. The largest absolute Gasteiger partial charge is 0.467 e. The van der Waals surface area contributed by atoms with E-state index in [4.69, 9.17) is 9.47 Å². The van der Waals surface area contributed by atoms with Gasteiger partial charge in [-0.3, -0.25) is 9.59 Å². The molecular formula is C25H25N3O6. The van der Waals surface area contributed by atoms with Crippen molar-refractivity contribution >= 4 is 23.6 Å². The molecule has 0 saturated carbocycles. The lowest BCUT2D eigenvalue weighted by Crippen LogP contribution is -2.45. The summed E-state index contributed by atoms with van der Waals surface area (Å²) in [6, 6.07) is 17.3. The fourth-order valence-corrected chi connectivity index (χ4v) is 3.51. The number of nitrogens with one attached hydrogen (secondary N) is 1. The van der Waals surface area contributed by atoms with Crippen LogP contribution >= 0.6 is 0 Å². The number of rotatable bonds is 9. The molecule has 1 N–H and O–H groups in total. The number of benzene rings is 2. The third kappa shape index (κ3) is 5.74. The summed E-state index contributed by atoms with van der Waals surface area (Å²) in [5.74, 6) is -3.47. The van der Waals surface area contributed by atoms with Gasteiger partial charge in [0.2, 0.25) is 0 Å². The molecule has 1 atom stereocenters. The first-order valence-electron chi connectivity index (χ1n) is 10.6. The number of esters is 2. The Labute approximate surface area is 196 Å². The topological polar surface area (TPSA) is 117 Å². The standard InChI is InChI=1S/C25H25N3O6/c1-16-22(17(2)28(27-16)19-12-8-5-9-13-19)23(30)25(32)34-15-21(29)26-20(24(31)33-3)14-18-10-6-4-7-11-18/h4-13,20H,14-15H2,1-3H3,(H,26,29). The highest BCUT2D eigenvalue weighted by Crippen LogP contribution is 2.18. The number of hydrogen-bond acceptors (Lipinski definition) is 7. The summed E-state index contributed by atoms with van der Waals surface area (Å²) < 4.78 is 11.2. The summed E-state index contributed by atoms with van der Waals surface area (Å²) in [7, 11) is 1.21. The first-order chi connectivity index (χ1) is 16.3. The van der Waals surface area contributed by atoms with Gasteiger partial charge in [-0.25, -0.2) is 14.3 Å². The van der Waals surface area contributed by atoms with E-state index in [1.165, 1.54) is 7.11 Å². The van der Waals surface area contributed by atoms with E-state index in [1.807, 2.05) is 48.5 Å². The Morgan fingerprint density at radius 2 is 1.59 bits per heavy atom. The van der Waals surface area contributed by atoms with E-state index < -0.39 is 36.3 Å². The smallest absolute Gasteiger partial charge is 0.380 e. The molecule has 0 saturated heterocycles. The number of hydrogen-bond donors (Lipinski definition) is 1. The molecule has 1 heterocycles. The van der Waals surface area contributed by atoms with E-state index in [0.717, 1.165) is 11.3 Å². The van der Waals surface area contributed by atoms with Crippen molar-refractivity contribution in [3.8, 4) is 5.69 Å². The van der Waals surface area contributed by atoms with Crippen LogP contribution in [0.3, 0.4) is 0 Å². The second kappa shape index (κ2) is 11.0. The number of carbonyl (C=O) groups is 4. The summed E-state index contributed by atoms with van der Waals surface area (Å²) >= 11 is 0. The number of ketones is 1. The van der Waals surface area contributed by atoms with Gasteiger partial charge in [-0.1, -0.05) is 48.5 Å². The van der Waals surface area contributed by atoms with Gasteiger partial charge in [0.1, 0.15) is 6.04 Å². The first kappa shape index (κ1) is 24.4. The summed E-state index contributed by atoms with van der Waals surface area (Å²) in [5.41, 5.74) is 2.50. The van der Waals surface area contributed by atoms with Crippen molar-refractivity contribution in [3.63, 3.8) is 0 Å². The average molecular weight is 463 g/mol. The normalized spacial score (nSPS) is 11.4. The molecule has 0 fully saturated rings. The van der Waals surface area contributed by atoms with Gasteiger partial charge in [-0.2, -0.15) is 5.10 Å². The van der Waals surface area contributed by atoms with Crippen LogP contribution in [0.1, 0.15) is 27.3 Å². The van der Waals surface area contributed by atoms with E-state index in [-0.39, 0.29) is 12.0 Å². The molecule has 2 aromatic carbocycles. The van der Waals surface area contributed by atoms with Crippen LogP contribution in [0.5, 0.6) is 0 Å². The molecular weight excluding hydrogens is 438 g/mol. The van der Waals surface area contributed by atoms with Gasteiger partial charge in [0.25, 0.3) is 11.7 Å². The van der Waals surface area contributed by atoms with Crippen molar-refractivity contribution < 1.29 is 28.7 Å². The Hall–Kier alpha value is -4.27. The lowest BCUT2D eigenvalue weighted by molar-refractivity contribution is -0.147. The van der Waals surface area contributed by atoms with Gasteiger partial charge >= 0.3 is 11.9 Å². The molecule has 0 aliphatic heterocycles. The highest BCUT2D eigenvalue weighted by molar-refractivity contribution is 6.41. The van der Waals surface area contributed by atoms with Gasteiger partial charge in [-0.15, -0.1) is 0 Å². The van der Waals surface area contributed by atoms with Gasteiger partial charge < -0.3 is 14.8 Å². The number of nitrogens with zero attached hydrogens (tertiary/aromatic N) is 2. The maximum atomic E-state index is 12.7. The minimum atomic E-state index is -1.19. The molecule has 176 valence electrons. The number of methoxy groups -OCH3 is 1. The van der Waals surface area contributed by atoms with Crippen LogP contribution in [0.25, 0.3) is 5.69 Å². The van der Waals surface area contributed by atoms with Crippen molar-refractivity contribution in [3.05, 3.63) is 83.2 Å². The second-order valence-corrected chi connectivity index (χ2v) is 7.53. The molecule has 0 bridgehead atoms. The van der Waals surface area contributed by atoms with Crippen molar-refractivity contribution in [1.29, 1.82) is 0 Å². The Kier molecular flexibility index (Phi) is 7.92. The zero-order chi connectivity index (χ0) is 24.7. The van der Waals surface area contributed by atoms with Crippen LogP contribution < -0.4 is 5.32 Å². The Balaban J connectivity index is 1.63. The molecule has 9 heteroatoms. The van der Waals surface area contributed by atoms with E-state index in [9.17, 15) is 19.2 Å².